The molecule has 30 heavy (non-hydrogen) atoms. The molecule has 0 aliphatic rings. The van der Waals surface area contributed by atoms with Gasteiger partial charge < -0.3 is 24.3 Å². The first-order chi connectivity index (χ1) is 14.4. The first kappa shape index (κ1) is 22.5. The average molecular weight is 418 g/mol. The van der Waals surface area contributed by atoms with E-state index in [1.54, 1.807) is 19.2 Å². The SMILES string of the molecule is COc1ccc(CCNC(=O)COC(=O)COc2ccccc2[N+](=O)[O-])cc1OC. The maximum absolute atomic E-state index is 11.8. The number of hydrogen-bond donors (Lipinski definition) is 1. The number of hydrogen-bond acceptors (Lipinski definition) is 8. The number of nitro benzene ring substituents is 1. The van der Waals surface area contributed by atoms with Crippen LogP contribution in [0.15, 0.2) is 42.5 Å². The highest BCUT2D eigenvalue weighted by atomic mass is 16.6. The Morgan fingerprint density at radius 1 is 1.00 bits per heavy atom. The Balaban J connectivity index is 1.71. The molecule has 0 fully saturated rings. The van der Waals surface area contributed by atoms with Crippen molar-refractivity contribution in [1.82, 2.24) is 5.32 Å². The highest BCUT2D eigenvalue weighted by Gasteiger charge is 2.16. The maximum Gasteiger partial charge on any atom is 0.344 e. The maximum atomic E-state index is 11.8. The van der Waals surface area contributed by atoms with E-state index in [1.807, 2.05) is 12.1 Å². The summed E-state index contributed by atoms with van der Waals surface area (Å²) in [6.45, 7) is -0.701. The van der Waals surface area contributed by atoms with Gasteiger partial charge in [-0.1, -0.05) is 18.2 Å². The van der Waals surface area contributed by atoms with Crippen molar-refractivity contribution in [2.45, 2.75) is 6.42 Å². The van der Waals surface area contributed by atoms with Gasteiger partial charge in [0.05, 0.1) is 19.1 Å². The largest absolute Gasteiger partial charge is 0.493 e. The van der Waals surface area contributed by atoms with Crippen LogP contribution in [0.1, 0.15) is 5.56 Å². The summed E-state index contributed by atoms with van der Waals surface area (Å²) in [6, 6.07) is 11.1. The number of nitrogens with zero attached hydrogens (tertiary/aromatic N) is 1. The second-order valence-corrected chi connectivity index (χ2v) is 5.96. The van der Waals surface area contributed by atoms with Gasteiger partial charge in [-0.3, -0.25) is 14.9 Å². The Bertz CT molecular complexity index is 900. The average Bonchev–Trinajstić information content (AvgIpc) is 2.76. The fourth-order valence-corrected chi connectivity index (χ4v) is 2.49. The molecule has 10 heteroatoms. The van der Waals surface area contributed by atoms with Crippen LogP contribution in [0.3, 0.4) is 0 Å². The summed E-state index contributed by atoms with van der Waals surface area (Å²) < 4.78 is 20.3. The molecule has 0 saturated heterocycles. The molecule has 0 saturated carbocycles. The minimum atomic E-state index is -0.816. The number of amides is 1. The van der Waals surface area contributed by atoms with Crippen LogP contribution in [-0.4, -0.2) is 50.8 Å². The summed E-state index contributed by atoms with van der Waals surface area (Å²) in [4.78, 5) is 33.8. The first-order valence-corrected chi connectivity index (χ1v) is 8.94. The van der Waals surface area contributed by atoms with E-state index in [1.165, 1.54) is 25.3 Å². The van der Waals surface area contributed by atoms with Crippen LogP contribution in [0.2, 0.25) is 0 Å². The van der Waals surface area contributed by atoms with E-state index < -0.39 is 30.0 Å². The molecule has 0 spiro atoms. The van der Waals surface area contributed by atoms with Crippen LogP contribution < -0.4 is 19.5 Å². The normalized spacial score (nSPS) is 10.1. The summed E-state index contributed by atoms with van der Waals surface area (Å²) in [7, 11) is 3.09. The number of benzene rings is 2. The van der Waals surface area contributed by atoms with Crippen LogP contribution in [0, 0.1) is 10.1 Å². The van der Waals surface area contributed by atoms with Gasteiger partial charge in [0.15, 0.2) is 30.5 Å². The van der Waals surface area contributed by atoms with Gasteiger partial charge in [-0.25, -0.2) is 4.79 Å². The minimum Gasteiger partial charge on any atom is -0.493 e. The standard InChI is InChI=1S/C20H22N2O8/c1-27-17-8-7-14(11-18(17)28-2)9-10-21-19(23)12-30-20(24)13-29-16-6-4-3-5-15(16)22(25)26/h3-8,11H,9-10,12-13H2,1-2H3,(H,21,23). The lowest BCUT2D eigenvalue weighted by atomic mass is 10.1. The molecule has 0 radical (unpaired) electrons. The van der Waals surface area contributed by atoms with Crippen LogP contribution in [0.5, 0.6) is 17.2 Å². The molecule has 0 aliphatic carbocycles. The molecule has 1 N–H and O–H groups in total. The monoisotopic (exact) mass is 418 g/mol. The van der Waals surface area contributed by atoms with Gasteiger partial charge in [0.2, 0.25) is 0 Å². The van der Waals surface area contributed by atoms with E-state index in [0.717, 1.165) is 5.56 Å². The third-order valence-corrected chi connectivity index (χ3v) is 3.96. The molecule has 1 amide bonds. The molecule has 2 rings (SSSR count). The Morgan fingerprint density at radius 3 is 2.43 bits per heavy atom. The van der Waals surface area contributed by atoms with Crippen molar-refractivity contribution < 1.29 is 33.5 Å². The van der Waals surface area contributed by atoms with E-state index in [4.69, 9.17) is 18.9 Å². The predicted molar refractivity (Wildman–Crippen MR) is 106 cm³/mol. The summed E-state index contributed by atoms with van der Waals surface area (Å²) in [5.74, 6) is -0.148. The summed E-state index contributed by atoms with van der Waals surface area (Å²) >= 11 is 0. The second-order valence-electron chi connectivity index (χ2n) is 5.96. The van der Waals surface area contributed by atoms with Crippen molar-refractivity contribution in [3.63, 3.8) is 0 Å². The van der Waals surface area contributed by atoms with Crippen molar-refractivity contribution in [2.75, 3.05) is 34.0 Å². The van der Waals surface area contributed by atoms with Crippen LogP contribution in [0.4, 0.5) is 5.69 Å². The van der Waals surface area contributed by atoms with Crippen LogP contribution in [-0.2, 0) is 20.7 Å². The highest BCUT2D eigenvalue weighted by molar-refractivity contribution is 5.80. The third kappa shape index (κ3) is 6.66. The molecule has 0 unspecified atom stereocenters. The Morgan fingerprint density at radius 2 is 1.73 bits per heavy atom. The molecule has 0 bridgehead atoms. The smallest absolute Gasteiger partial charge is 0.344 e. The van der Waals surface area contributed by atoms with E-state index >= 15 is 0 Å². The number of nitro groups is 1. The van der Waals surface area contributed by atoms with Gasteiger partial charge in [-0.05, 0) is 30.2 Å². The van der Waals surface area contributed by atoms with Gasteiger partial charge in [0.25, 0.3) is 5.91 Å². The van der Waals surface area contributed by atoms with Crippen molar-refractivity contribution in [2.24, 2.45) is 0 Å². The number of esters is 1. The minimum absolute atomic E-state index is 0.0566. The van der Waals surface area contributed by atoms with Crippen molar-refractivity contribution >= 4 is 17.6 Å². The topological polar surface area (TPSA) is 126 Å². The fourth-order valence-electron chi connectivity index (χ4n) is 2.49. The van der Waals surface area contributed by atoms with E-state index in [2.05, 4.69) is 5.32 Å². The molecule has 2 aromatic carbocycles. The number of methoxy groups -OCH3 is 2. The predicted octanol–water partition coefficient (Wildman–Crippen LogP) is 1.89. The highest BCUT2D eigenvalue weighted by Crippen LogP contribution is 2.27. The molecule has 0 atom stereocenters. The second kappa shape index (κ2) is 11.2. The van der Waals surface area contributed by atoms with Crippen LogP contribution >= 0.6 is 0 Å². The quantitative estimate of drug-likeness (QED) is 0.333. The molecule has 2 aromatic rings. The zero-order valence-corrected chi connectivity index (χ0v) is 16.6. The van der Waals surface area contributed by atoms with Gasteiger partial charge in [0.1, 0.15) is 0 Å². The fraction of sp³-hybridized carbons (Fsp3) is 0.300. The third-order valence-electron chi connectivity index (χ3n) is 3.96. The van der Waals surface area contributed by atoms with Gasteiger partial charge in [-0.2, -0.15) is 0 Å². The van der Waals surface area contributed by atoms with Gasteiger partial charge >= 0.3 is 11.7 Å². The summed E-state index contributed by atoms with van der Waals surface area (Å²) in [6.07, 6.45) is 0.542. The zero-order chi connectivity index (χ0) is 21.9. The van der Waals surface area contributed by atoms with E-state index in [9.17, 15) is 19.7 Å². The number of nitrogens with one attached hydrogen (secondary N) is 1. The molecule has 0 aromatic heterocycles. The first-order valence-electron chi connectivity index (χ1n) is 8.94. The molecule has 0 aliphatic heterocycles. The number of ether oxygens (including phenoxy) is 4. The summed E-state index contributed by atoms with van der Waals surface area (Å²) in [5, 5.41) is 13.5. The number of carbonyl (C=O) groups excluding carboxylic acids is 2. The van der Waals surface area contributed by atoms with E-state index in [0.29, 0.717) is 24.5 Å². The Hall–Kier alpha value is -3.82. The van der Waals surface area contributed by atoms with Crippen molar-refractivity contribution in [3.05, 3.63) is 58.1 Å². The summed E-state index contributed by atoms with van der Waals surface area (Å²) in [5.41, 5.74) is 0.668. The lowest BCUT2D eigenvalue weighted by molar-refractivity contribution is -0.385. The van der Waals surface area contributed by atoms with Crippen LogP contribution in [0.25, 0.3) is 0 Å². The molecule has 10 nitrogen and oxygen atoms in total. The lowest BCUT2D eigenvalue weighted by Crippen LogP contribution is -2.31. The Labute approximate surface area is 172 Å². The number of carbonyl (C=O) groups is 2. The van der Waals surface area contributed by atoms with Gasteiger partial charge in [0, 0.05) is 12.6 Å². The molecular weight excluding hydrogens is 396 g/mol. The van der Waals surface area contributed by atoms with E-state index in [-0.39, 0.29) is 11.4 Å². The molecular formula is C20H22N2O8. The number of rotatable bonds is 11. The molecule has 160 valence electrons. The lowest BCUT2D eigenvalue weighted by Gasteiger charge is -2.10. The van der Waals surface area contributed by atoms with Crippen molar-refractivity contribution in [1.29, 1.82) is 0 Å². The van der Waals surface area contributed by atoms with Crippen molar-refractivity contribution in [3.8, 4) is 17.2 Å². The number of para-hydroxylation sites is 2. The van der Waals surface area contributed by atoms with Gasteiger partial charge in [-0.15, -0.1) is 0 Å². The Kier molecular flexibility index (Phi) is 8.42. The molecule has 0 heterocycles. The zero-order valence-electron chi connectivity index (χ0n) is 16.6.